The highest BCUT2D eigenvalue weighted by Crippen LogP contribution is 2.36. The lowest BCUT2D eigenvalue weighted by Gasteiger charge is -2.32. The van der Waals surface area contributed by atoms with E-state index in [2.05, 4.69) is 10.6 Å². The zero-order valence-electron chi connectivity index (χ0n) is 20.7. The molecule has 2 heterocycles. The van der Waals surface area contributed by atoms with Crippen molar-refractivity contribution in [3.05, 3.63) is 23.8 Å². The van der Waals surface area contributed by atoms with Crippen molar-refractivity contribution in [1.82, 2.24) is 10.2 Å². The number of nitrogens with one attached hydrogen (secondary N) is 2. The largest absolute Gasteiger partial charge is 0.494 e. The van der Waals surface area contributed by atoms with Crippen LogP contribution in [0.3, 0.4) is 0 Å². The van der Waals surface area contributed by atoms with Crippen LogP contribution in [-0.4, -0.2) is 73.2 Å². The van der Waals surface area contributed by atoms with Gasteiger partial charge in [0.25, 0.3) is 5.91 Å². The number of anilines is 1. The molecule has 0 spiro atoms. The smallest absolute Gasteiger partial charge is 0.444 e. The van der Waals surface area contributed by atoms with Gasteiger partial charge in [-0.2, -0.15) is 0 Å². The minimum absolute atomic E-state index is 0.0353. The molecule has 0 aliphatic carbocycles. The lowest BCUT2D eigenvalue weighted by molar-refractivity contribution is 0.00578. The molecule has 1 aromatic carbocycles. The Labute approximate surface area is 195 Å². The maximum Gasteiger partial charge on any atom is 0.494 e. The number of hydrogen-bond donors (Lipinski definition) is 2. The lowest BCUT2D eigenvalue weighted by Crippen LogP contribution is -2.43. The SMILES string of the molecule is CNc1ccc(B2OC(C)(C)C(C)(C)O2)cc1C(=O)N[C@@H]1CN(C(=O)OC(C)(C)C)C[C@@H]1F. The summed E-state index contributed by atoms with van der Waals surface area (Å²) in [5, 5.41) is 5.73. The number of carbonyl (C=O) groups excluding carboxylic acids is 2. The van der Waals surface area contributed by atoms with Crippen molar-refractivity contribution >= 4 is 30.3 Å². The van der Waals surface area contributed by atoms with Crippen LogP contribution in [0.4, 0.5) is 14.9 Å². The van der Waals surface area contributed by atoms with Crippen LogP contribution >= 0.6 is 0 Å². The molecular weight excluding hydrogens is 428 g/mol. The van der Waals surface area contributed by atoms with Gasteiger partial charge in [0.05, 0.1) is 29.4 Å². The average molecular weight is 463 g/mol. The number of rotatable bonds is 4. The molecule has 8 nitrogen and oxygen atoms in total. The fraction of sp³-hybridized carbons (Fsp3) is 0.652. The molecule has 1 aromatic rings. The van der Waals surface area contributed by atoms with Gasteiger partial charge in [-0.15, -0.1) is 0 Å². The van der Waals surface area contributed by atoms with E-state index in [-0.39, 0.29) is 13.1 Å². The molecular formula is C23H35BFN3O5. The van der Waals surface area contributed by atoms with E-state index >= 15 is 0 Å². The van der Waals surface area contributed by atoms with Crippen LogP contribution in [-0.2, 0) is 14.0 Å². The summed E-state index contributed by atoms with van der Waals surface area (Å²) >= 11 is 0. The molecule has 0 saturated carbocycles. The summed E-state index contributed by atoms with van der Waals surface area (Å²) in [5.74, 6) is -0.448. The summed E-state index contributed by atoms with van der Waals surface area (Å²) in [7, 11) is 1.08. The summed E-state index contributed by atoms with van der Waals surface area (Å²) in [5.41, 5.74) is -0.0924. The summed E-state index contributed by atoms with van der Waals surface area (Å²) in [6.07, 6.45) is -1.99. The Morgan fingerprint density at radius 2 is 1.76 bits per heavy atom. The fourth-order valence-electron chi connectivity index (χ4n) is 3.72. The lowest BCUT2D eigenvalue weighted by atomic mass is 9.78. The standard InChI is InChI=1S/C23H35BFN3O5/c1-21(2,3)31-20(30)28-12-16(25)18(13-28)27-19(29)15-11-14(9-10-17(15)26-8)24-32-22(4,5)23(6,7)33-24/h9-11,16,18,26H,12-13H2,1-8H3,(H,27,29)/t16-,18+/m0/s1. The van der Waals surface area contributed by atoms with Crippen molar-refractivity contribution in [3.8, 4) is 0 Å². The van der Waals surface area contributed by atoms with E-state index in [4.69, 9.17) is 14.0 Å². The number of halogens is 1. The van der Waals surface area contributed by atoms with Gasteiger partial charge >= 0.3 is 13.2 Å². The van der Waals surface area contributed by atoms with Gasteiger partial charge in [0.1, 0.15) is 11.8 Å². The second-order valence-electron chi connectivity index (χ2n) is 10.6. The number of nitrogens with zero attached hydrogens (tertiary/aromatic N) is 1. The van der Waals surface area contributed by atoms with E-state index < -0.39 is 48.1 Å². The molecule has 182 valence electrons. The molecule has 0 aromatic heterocycles. The number of ether oxygens (including phenoxy) is 1. The van der Waals surface area contributed by atoms with Gasteiger partial charge in [0, 0.05) is 19.3 Å². The highest BCUT2D eigenvalue weighted by Gasteiger charge is 2.51. The van der Waals surface area contributed by atoms with Crippen molar-refractivity contribution in [2.24, 2.45) is 0 Å². The summed E-state index contributed by atoms with van der Waals surface area (Å²) in [6.45, 7) is 13.0. The van der Waals surface area contributed by atoms with Crippen molar-refractivity contribution in [3.63, 3.8) is 0 Å². The quantitative estimate of drug-likeness (QED) is 0.668. The third-order valence-corrected chi connectivity index (χ3v) is 6.30. The number of likely N-dealkylation sites (tertiary alicyclic amines) is 1. The van der Waals surface area contributed by atoms with Gasteiger partial charge in [0.2, 0.25) is 0 Å². The van der Waals surface area contributed by atoms with Crippen LogP contribution in [0.1, 0.15) is 58.8 Å². The molecule has 0 bridgehead atoms. The van der Waals surface area contributed by atoms with Crippen molar-refractivity contribution in [1.29, 1.82) is 0 Å². The molecule has 2 fully saturated rings. The van der Waals surface area contributed by atoms with Crippen molar-refractivity contribution in [2.75, 3.05) is 25.5 Å². The van der Waals surface area contributed by atoms with E-state index in [1.165, 1.54) is 4.90 Å². The fourth-order valence-corrected chi connectivity index (χ4v) is 3.72. The molecule has 2 aliphatic heterocycles. The topological polar surface area (TPSA) is 89.1 Å². The van der Waals surface area contributed by atoms with Gasteiger partial charge < -0.3 is 29.6 Å². The zero-order chi connectivity index (χ0) is 24.8. The molecule has 0 radical (unpaired) electrons. The first-order valence-corrected chi connectivity index (χ1v) is 11.2. The molecule has 0 unspecified atom stereocenters. The third-order valence-electron chi connectivity index (χ3n) is 6.30. The Morgan fingerprint density at radius 3 is 2.30 bits per heavy atom. The Bertz CT molecular complexity index is 902. The second kappa shape index (κ2) is 8.79. The normalized spacial score (nSPS) is 24.0. The second-order valence-corrected chi connectivity index (χ2v) is 10.6. The third kappa shape index (κ3) is 5.43. The average Bonchev–Trinajstić information content (AvgIpc) is 3.15. The van der Waals surface area contributed by atoms with Gasteiger partial charge in [-0.05, 0) is 66.1 Å². The predicted octanol–water partition coefficient (Wildman–Crippen LogP) is 2.71. The highest BCUT2D eigenvalue weighted by atomic mass is 19.1. The molecule has 2 atom stereocenters. The minimum atomic E-state index is -1.40. The van der Waals surface area contributed by atoms with Gasteiger partial charge in [0.15, 0.2) is 0 Å². The molecule has 3 rings (SSSR count). The van der Waals surface area contributed by atoms with Crippen LogP contribution in [0.2, 0.25) is 0 Å². The Kier molecular flexibility index (Phi) is 6.74. The first-order chi connectivity index (χ1) is 15.1. The van der Waals surface area contributed by atoms with Gasteiger partial charge in [-0.1, -0.05) is 6.07 Å². The number of hydrogen-bond acceptors (Lipinski definition) is 6. The zero-order valence-corrected chi connectivity index (χ0v) is 20.7. The predicted molar refractivity (Wildman–Crippen MR) is 126 cm³/mol. The van der Waals surface area contributed by atoms with Crippen molar-refractivity contribution in [2.45, 2.75) is 77.5 Å². The van der Waals surface area contributed by atoms with E-state index in [1.807, 2.05) is 33.8 Å². The molecule has 10 heteroatoms. The molecule has 2 N–H and O–H groups in total. The van der Waals surface area contributed by atoms with E-state index in [0.29, 0.717) is 16.7 Å². The number of amides is 2. The molecule has 2 saturated heterocycles. The molecule has 2 amide bonds. The van der Waals surface area contributed by atoms with E-state index in [0.717, 1.165) is 0 Å². The summed E-state index contributed by atoms with van der Waals surface area (Å²) in [4.78, 5) is 26.7. The van der Waals surface area contributed by atoms with E-state index in [1.54, 1.807) is 40.0 Å². The molecule has 33 heavy (non-hydrogen) atoms. The van der Waals surface area contributed by atoms with Crippen LogP contribution in [0.15, 0.2) is 18.2 Å². The van der Waals surface area contributed by atoms with Gasteiger partial charge in [-0.25, -0.2) is 9.18 Å². The minimum Gasteiger partial charge on any atom is -0.444 e. The van der Waals surface area contributed by atoms with Crippen molar-refractivity contribution < 1.29 is 28.0 Å². The van der Waals surface area contributed by atoms with Crippen LogP contribution in [0, 0.1) is 0 Å². The van der Waals surface area contributed by atoms with E-state index in [9.17, 15) is 14.0 Å². The first kappa shape index (κ1) is 25.3. The maximum atomic E-state index is 14.7. The summed E-state index contributed by atoms with van der Waals surface area (Å²) < 4.78 is 32.2. The maximum absolute atomic E-state index is 14.7. The number of carbonyl (C=O) groups is 2. The van der Waals surface area contributed by atoms with Crippen LogP contribution in [0.5, 0.6) is 0 Å². The number of benzene rings is 1. The Balaban J connectivity index is 1.75. The monoisotopic (exact) mass is 463 g/mol. The highest BCUT2D eigenvalue weighted by molar-refractivity contribution is 6.62. The van der Waals surface area contributed by atoms with Crippen LogP contribution < -0.4 is 16.1 Å². The Hall–Kier alpha value is -2.33. The Morgan fingerprint density at radius 1 is 1.15 bits per heavy atom. The first-order valence-electron chi connectivity index (χ1n) is 11.2. The summed E-state index contributed by atoms with van der Waals surface area (Å²) in [6, 6.07) is 4.46. The number of alkyl halides is 1. The molecule has 2 aliphatic rings. The van der Waals surface area contributed by atoms with Crippen LogP contribution in [0.25, 0.3) is 0 Å². The van der Waals surface area contributed by atoms with Gasteiger partial charge in [-0.3, -0.25) is 4.79 Å².